The van der Waals surface area contributed by atoms with Gasteiger partial charge >= 0.3 is 6.01 Å². The lowest BCUT2D eigenvalue weighted by molar-refractivity contribution is 0.441. The van der Waals surface area contributed by atoms with Gasteiger partial charge in [-0.1, -0.05) is 29.8 Å². The number of nitrogens with one attached hydrogen (secondary N) is 2. The number of imidazole rings is 1. The third-order valence-electron chi connectivity index (χ3n) is 5.33. The maximum Gasteiger partial charge on any atom is 0.321 e. The Bertz CT molecular complexity index is 1430. The zero-order valence-corrected chi connectivity index (χ0v) is 19.4. The average molecular weight is 472 g/mol. The van der Waals surface area contributed by atoms with Crippen molar-refractivity contribution in [2.45, 2.75) is 13.5 Å². The molecule has 0 aliphatic carbocycles. The molecule has 0 saturated carbocycles. The summed E-state index contributed by atoms with van der Waals surface area (Å²) in [4.78, 5) is 17.2. The Morgan fingerprint density at radius 1 is 1.00 bits per heavy atom. The normalized spacial score (nSPS) is 10.9. The minimum atomic E-state index is 0.252. The fourth-order valence-corrected chi connectivity index (χ4v) is 3.59. The van der Waals surface area contributed by atoms with Crippen LogP contribution < -0.4 is 15.4 Å². The van der Waals surface area contributed by atoms with Crippen LogP contribution in [0.1, 0.15) is 11.1 Å². The summed E-state index contributed by atoms with van der Waals surface area (Å²) in [6.45, 7) is 2.65. The van der Waals surface area contributed by atoms with Gasteiger partial charge in [0.2, 0.25) is 5.95 Å². The number of anilines is 3. The molecule has 8 nitrogen and oxygen atoms in total. The molecular weight excluding hydrogens is 450 g/mol. The van der Waals surface area contributed by atoms with Gasteiger partial charge in [0.25, 0.3) is 0 Å². The van der Waals surface area contributed by atoms with E-state index in [2.05, 4.69) is 31.7 Å². The Morgan fingerprint density at radius 2 is 1.79 bits per heavy atom. The van der Waals surface area contributed by atoms with Crippen LogP contribution in [0.3, 0.4) is 0 Å². The molecule has 2 N–H and O–H groups in total. The van der Waals surface area contributed by atoms with Crippen LogP contribution in [0.5, 0.6) is 11.8 Å². The Hall–Kier alpha value is -4.17. The molecule has 0 bridgehead atoms. The van der Waals surface area contributed by atoms with Gasteiger partial charge in [0.1, 0.15) is 11.6 Å². The maximum atomic E-state index is 5.80. The van der Waals surface area contributed by atoms with E-state index in [-0.39, 0.29) is 6.01 Å². The van der Waals surface area contributed by atoms with E-state index in [0.29, 0.717) is 17.3 Å². The second kappa shape index (κ2) is 9.36. The largest absolute Gasteiger partial charge is 0.424 e. The van der Waals surface area contributed by atoms with Crippen LogP contribution in [0.15, 0.2) is 73.2 Å². The molecular formula is C25H22ClN7O. The molecule has 34 heavy (non-hydrogen) atoms. The van der Waals surface area contributed by atoms with Crippen molar-refractivity contribution >= 4 is 40.1 Å². The summed E-state index contributed by atoms with van der Waals surface area (Å²) >= 11 is 5.80. The molecule has 0 amide bonds. The first kappa shape index (κ1) is 21.7. The van der Waals surface area contributed by atoms with E-state index in [0.717, 1.165) is 39.6 Å². The first-order valence-corrected chi connectivity index (χ1v) is 11.1. The molecule has 2 aromatic carbocycles. The van der Waals surface area contributed by atoms with Crippen molar-refractivity contribution in [3.05, 3.63) is 89.3 Å². The molecule has 0 aliphatic rings. The number of aryl methyl sites for hydroxylation is 2. The van der Waals surface area contributed by atoms with E-state index < -0.39 is 0 Å². The fourth-order valence-electron chi connectivity index (χ4n) is 3.49. The molecule has 9 heteroatoms. The lowest BCUT2D eigenvalue weighted by Crippen LogP contribution is -2.05. The summed E-state index contributed by atoms with van der Waals surface area (Å²) in [7, 11) is 2.00. The average Bonchev–Trinajstić information content (AvgIpc) is 3.16. The van der Waals surface area contributed by atoms with Gasteiger partial charge in [-0.25, -0.2) is 19.9 Å². The van der Waals surface area contributed by atoms with Gasteiger partial charge in [-0.05, 0) is 54.4 Å². The van der Waals surface area contributed by atoms with Gasteiger partial charge in [-0.3, -0.25) is 0 Å². The van der Waals surface area contributed by atoms with Crippen LogP contribution >= 0.6 is 11.6 Å². The molecule has 5 rings (SSSR count). The second-order valence-electron chi connectivity index (χ2n) is 7.78. The van der Waals surface area contributed by atoms with Gasteiger partial charge in [0.15, 0.2) is 0 Å². The highest BCUT2D eigenvalue weighted by Gasteiger charge is 2.10. The number of nitrogens with zero attached hydrogens (tertiary/aromatic N) is 5. The third-order valence-corrected chi connectivity index (χ3v) is 5.53. The van der Waals surface area contributed by atoms with E-state index >= 15 is 0 Å². The van der Waals surface area contributed by atoms with Crippen LogP contribution in [0.4, 0.5) is 17.5 Å². The van der Waals surface area contributed by atoms with Gasteiger partial charge in [0.05, 0.1) is 28.4 Å². The highest BCUT2D eigenvalue weighted by Crippen LogP contribution is 2.25. The molecule has 5 aromatic rings. The summed E-state index contributed by atoms with van der Waals surface area (Å²) in [6.07, 6.45) is 4.78. The molecule has 170 valence electrons. The monoisotopic (exact) mass is 471 g/mol. The molecule has 3 heterocycles. The Kier molecular flexibility index (Phi) is 5.97. The third kappa shape index (κ3) is 4.77. The van der Waals surface area contributed by atoms with Crippen molar-refractivity contribution in [1.82, 2.24) is 24.5 Å². The zero-order chi connectivity index (χ0) is 23.5. The maximum absolute atomic E-state index is 5.80. The number of halogens is 1. The van der Waals surface area contributed by atoms with E-state index in [9.17, 15) is 0 Å². The van der Waals surface area contributed by atoms with Crippen LogP contribution in [-0.4, -0.2) is 24.5 Å². The van der Waals surface area contributed by atoms with E-state index in [1.165, 1.54) is 12.4 Å². The minimum Gasteiger partial charge on any atom is -0.424 e. The second-order valence-corrected chi connectivity index (χ2v) is 8.21. The first-order chi connectivity index (χ1) is 16.5. The number of ether oxygens (including phenoxy) is 1. The quantitative estimate of drug-likeness (QED) is 0.307. The summed E-state index contributed by atoms with van der Waals surface area (Å²) in [6, 6.07) is 18.0. The SMILES string of the molecule is Cc1cccnc1Nc1ccc2nc(NCc3ccc(Oc4ncc(Cl)cn4)cc3)n(C)c2c1. The Labute approximate surface area is 201 Å². The molecule has 0 aliphatic heterocycles. The number of aromatic nitrogens is 5. The van der Waals surface area contributed by atoms with Crippen molar-refractivity contribution in [2.75, 3.05) is 10.6 Å². The van der Waals surface area contributed by atoms with Gasteiger partial charge < -0.3 is 19.9 Å². The smallest absolute Gasteiger partial charge is 0.321 e. The number of pyridine rings is 1. The lowest BCUT2D eigenvalue weighted by Gasteiger charge is -2.09. The lowest BCUT2D eigenvalue weighted by atomic mass is 10.2. The predicted octanol–water partition coefficient (Wildman–Crippen LogP) is 5.87. The topological polar surface area (TPSA) is 89.8 Å². The van der Waals surface area contributed by atoms with Gasteiger partial charge in [0, 0.05) is 25.5 Å². The minimum absolute atomic E-state index is 0.252. The van der Waals surface area contributed by atoms with Crippen molar-refractivity contribution in [3.63, 3.8) is 0 Å². The molecule has 0 fully saturated rings. The van der Waals surface area contributed by atoms with Crippen LogP contribution in [-0.2, 0) is 13.6 Å². The summed E-state index contributed by atoms with van der Waals surface area (Å²) < 4.78 is 7.69. The fraction of sp³-hybridized carbons (Fsp3) is 0.120. The van der Waals surface area contributed by atoms with Gasteiger partial charge in [-0.15, -0.1) is 0 Å². The van der Waals surface area contributed by atoms with Crippen molar-refractivity contribution < 1.29 is 4.74 Å². The molecule has 0 saturated heterocycles. The van der Waals surface area contributed by atoms with Crippen molar-refractivity contribution in [3.8, 4) is 11.8 Å². The van der Waals surface area contributed by atoms with Crippen molar-refractivity contribution in [1.29, 1.82) is 0 Å². The van der Waals surface area contributed by atoms with E-state index in [4.69, 9.17) is 21.3 Å². The number of fused-ring (bicyclic) bond motifs is 1. The Morgan fingerprint density at radius 3 is 2.56 bits per heavy atom. The van der Waals surface area contributed by atoms with Crippen molar-refractivity contribution in [2.24, 2.45) is 7.05 Å². The summed E-state index contributed by atoms with van der Waals surface area (Å²) in [5, 5.41) is 7.26. The standard InChI is InChI=1S/C25H22ClN7O/c1-16-4-3-11-27-23(16)31-19-7-10-21-22(12-19)33(2)24(32-21)28-13-17-5-8-20(9-6-17)34-25-29-14-18(26)15-30-25/h3-12,14-15H,13H2,1-2H3,(H,27,31)(H,28,32). The highest BCUT2D eigenvalue weighted by molar-refractivity contribution is 6.30. The van der Waals surface area contributed by atoms with E-state index in [1.807, 2.05) is 67.1 Å². The number of rotatable bonds is 7. The molecule has 0 spiro atoms. The molecule has 0 atom stereocenters. The molecule has 0 radical (unpaired) electrons. The molecule has 3 aromatic heterocycles. The van der Waals surface area contributed by atoms with Gasteiger partial charge in [-0.2, -0.15) is 0 Å². The number of hydrogen-bond donors (Lipinski definition) is 2. The summed E-state index contributed by atoms with van der Waals surface area (Å²) in [5.41, 5.74) is 5.08. The first-order valence-electron chi connectivity index (χ1n) is 10.7. The zero-order valence-electron chi connectivity index (χ0n) is 18.7. The molecule has 0 unspecified atom stereocenters. The predicted molar refractivity (Wildman–Crippen MR) is 134 cm³/mol. The summed E-state index contributed by atoms with van der Waals surface area (Å²) in [5.74, 6) is 2.28. The van der Waals surface area contributed by atoms with Crippen LogP contribution in [0.25, 0.3) is 11.0 Å². The van der Waals surface area contributed by atoms with Crippen LogP contribution in [0.2, 0.25) is 5.02 Å². The highest BCUT2D eigenvalue weighted by atomic mass is 35.5. The van der Waals surface area contributed by atoms with Crippen LogP contribution in [0, 0.1) is 6.92 Å². The Balaban J connectivity index is 1.26. The number of hydrogen-bond acceptors (Lipinski definition) is 7. The number of benzene rings is 2. The van der Waals surface area contributed by atoms with E-state index in [1.54, 1.807) is 6.20 Å².